The lowest BCUT2D eigenvalue weighted by Gasteiger charge is -2.30. The zero-order valence-corrected chi connectivity index (χ0v) is 11.2. The van der Waals surface area contributed by atoms with Crippen LogP contribution >= 0.6 is 0 Å². The third kappa shape index (κ3) is 2.70. The predicted molar refractivity (Wildman–Crippen MR) is 70.6 cm³/mol. The molecule has 4 nitrogen and oxygen atoms in total. The Labute approximate surface area is 108 Å². The van der Waals surface area contributed by atoms with Crippen LogP contribution in [0.3, 0.4) is 0 Å². The summed E-state index contributed by atoms with van der Waals surface area (Å²) in [6, 6.07) is 5.68. The Balaban J connectivity index is 2.21. The Kier molecular flexibility index (Phi) is 4.31. The number of para-hydroxylation sites is 1. The molecule has 0 aromatic heterocycles. The number of benzene rings is 1. The van der Waals surface area contributed by atoms with Crippen molar-refractivity contribution in [3.8, 4) is 17.2 Å². The first-order valence-electron chi connectivity index (χ1n) is 6.34. The number of rotatable bonds is 4. The Hall–Kier alpha value is -1.42. The zero-order chi connectivity index (χ0) is 13.0. The van der Waals surface area contributed by atoms with Gasteiger partial charge in [0.2, 0.25) is 5.75 Å². The lowest BCUT2D eigenvalue weighted by molar-refractivity contribution is 0.104. The molecule has 1 aliphatic heterocycles. The van der Waals surface area contributed by atoms with Gasteiger partial charge in [0.25, 0.3) is 0 Å². The molecule has 0 bridgehead atoms. The Bertz CT molecular complexity index is 372. The van der Waals surface area contributed by atoms with Crippen molar-refractivity contribution in [2.45, 2.75) is 19.4 Å². The summed E-state index contributed by atoms with van der Waals surface area (Å²) in [5, 5.41) is 3.36. The normalized spacial score (nSPS) is 23.5. The smallest absolute Gasteiger partial charge is 0.203 e. The maximum atomic E-state index is 6.12. The summed E-state index contributed by atoms with van der Waals surface area (Å²) in [6.45, 7) is 4.17. The minimum atomic E-state index is 0.205. The first kappa shape index (κ1) is 13.0. The highest BCUT2D eigenvalue weighted by Gasteiger charge is 2.25. The fourth-order valence-corrected chi connectivity index (χ4v) is 2.25. The molecule has 1 aromatic rings. The van der Waals surface area contributed by atoms with E-state index in [1.54, 1.807) is 14.2 Å². The SMILES string of the molecule is COc1cccc(OC)c1OC1CCNCC1C. The van der Waals surface area contributed by atoms with E-state index >= 15 is 0 Å². The van der Waals surface area contributed by atoms with Crippen molar-refractivity contribution >= 4 is 0 Å². The molecule has 1 heterocycles. The van der Waals surface area contributed by atoms with E-state index in [0.717, 1.165) is 31.0 Å². The molecular formula is C14H21NO3. The van der Waals surface area contributed by atoms with Crippen LogP contribution in [0.2, 0.25) is 0 Å². The highest BCUT2D eigenvalue weighted by atomic mass is 16.5. The van der Waals surface area contributed by atoms with E-state index < -0.39 is 0 Å². The predicted octanol–water partition coefficient (Wildman–Crippen LogP) is 2.08. The largest absolute Gasteiger partial charge is 0.493 e. The molecule has 1 saturated heterocycles. The van der Waals surface area contributed by atoms with Crippen molar-refractivity contribution in [1.82, 2.24) is 5.32 Å². The summed E-state index contributed by atoms with van der Waals surface area (Å²) in [5.41, 5.74) is 0. The quantitative estimate of drug-likeness (QED) is 0.889. The Morgan fingerprint density at radius 3 is 2.39 bits per heavy atom. The van der Waals surface area contributed by atoms with Gasteiger partial charge in [-0.25, -0.2) is 0 Å². The molecule has 100 valence electrons. The van der Waals surface area contributed by atoms with Crippen molar-refractivity contribution in [1.29, 1.82) is 0 Å². The van der Waals surface area contributed by atoms with Gasteiger partial charge < -0.3 is 19.5 Å². The van der Waals surface area contributed by atoms with Crippen LogP contribution in [-0.2, 0) is 0 Å². The third-order valence-corrected chi connectivity index (χ3v) is 3.36. The number of piperidine rings is 1. The highest BCUT2D eigenvalue weighted by molar-refractivity contribution is 5.51. The number of methoxy groups -OCH3 is 2. The van der Waals surface area contributed by atoms with Gasteiger partial charge in [-0.1, -0.05) is 13.0 Å². The molecule has 0 aliphatic carbocycles. The molecular weight excluding hydrogens is 230 g/mol. The fraction of sp³-hybridized carbons (Fsp3) is 0.571. The van der Waals surface area contributed by atoms with Crippen molar-refractivity contribution in [3.05, 3.63) is 18.2 Å². The van der Waals surface area contributed by atoms with Gasteiger partial charge in [-0.3, -0.25) is 0 Å². The second-order valence-electron chi connectivity index (χ2n) is 4.62. The van der Waals surface area contributed by atoms with Gasteiger partial charge in [0, 0.05) is 12.5 Å². The number of hydrogen-bond acceptors (Lipinski definition) is 4. The van der Waals surface area contributed by atoms with E-state index in [-0.39, 0.29) is 6.10 Å². The van der Waals surface area contributed by atoms with Gasteiger partial charge in [-0.15, -0.1) is 0 Å². The summed E-state index contributed by atoms with van der Waals surface area (Å²) in [7, 11) is 3.29. The number of nitrogens with one attached hydrogen (secondary N) is 1. The molecule has 1 N–H and O–H groups in total. The second kappa shape index (κ2) is 5.96. The molecule has 4 heteroatoms. The van der Waals surface area contributed by atoms with Gasteiger partial charge in [0.05, 0.1) is 14.2 Å². The van der Waals surface area contributed by atoms with E-state index in [1.165, 1.54) is 0 Å². The topological polar surface area (TPSA) is 39.7 Å². The van der Waals surface area contributed by atoms with Crippen LogP contribution in [0, 0.1) is 5.92 Å². The van der Waals surface area contributed by atoms with Gasteiger partial charge >= 0.3 is 0 Å². The number of ether oxygens (including phenoxy) is 3. The van der Waals surface area contributed by atoms with Crippen LogP contribution < -0.4 is 19.5 Å². The Morgan fingerprint density at radius 2 is 1.83 bits per heavy atom. The maximum absolute atomic E-state index is 6.12. The molecule has 2 unspecified atom stereocenters. The van der Waals surface area contributed by atoms with Crippen molar-refractivity contribution < 1.29 is 14.2 Å². The van der Waals surface area contributed by atoms with Crippen molar-refractivity contribution in [2.24, 2.45) is 5.92 Å². The van der Waals surface area contributed by atoms with Crippen LogP contribution in [-0.4, -0.2) is 33.4 Å². The lowest BCUT2D eigenvalue weighted by Crippen LogP contribution is -2.41. The molecule has 1 fully saturated rings. The fourth-order valence-electron chi connectivity index (χ4n) is 2.25. The molecule has 0 radical (unpaired) electrons. The number of hydrogen-bond donors (Lipinski definition) is 1. The van der Waals surface area contributed by atoms with Gasteiger partial charge in [0.1, 0.15) is 6.10 Å². The first-order chi connectivity index (χ1) is 8.76. The zero-order valence-electron chi connectivity index (χ0n) is 11.2. The van der Waals surface area contributed by atoms with Crippen LogP contribution in [0.4, 0.5) is 0 Å². The van der Waals surface area contributed by atoms with Gasteiger partial charge in [0.15, 0.2) is 11.5 Å². The minimum absolute atomic E-state index is 0.205. The average molecular weight is 251 g/mol. The molecule has 18 heavy (non-hydrogen) atoms. The summed E-state index contributed by atoms with van der Waals surface area (Å²) in [6.07, 6.45) is 1.21. The maximum Gasteiger partial charge on any atom is 0.203 e. The van der Waals surface area contributed by atoms with Crippen LogP contribution in [0.5, 0.6) is 17.2 Å². The molecule has 2 atom stereocenters. The summed E-state index contributed by atoms with van der Waals surface area (Å²) in [4.78, 5) is 0. The highest BCUT2D eigenvalue weighted by Crippen LogP contribution is 2.38. The van der Waals surface area contributed by atoms with E-state index in [9.17, 15) is 0 Å². The van der Waals surface area contributed by atoms with Crippen LogP contribution in [0.1, 0.15) is 13.3 Å². The molecule has 1 aromatic carbocycles. The van der Waals surface area contributed by atoms with E-state index in [1.807, 2.05) is 18.2 Å². The molecule has 1 aliphatic rings. The third-order valence-electron chi connectivity index (χ3n) is 3.36. The van der Waals surface area contributed by atoms with E-state index in [0.29, 0.717) is 11.7 Å². The molecule has 2 rings (SSSR count). The summed E-state index contributed by atoms with van der Waals surface area (Å²) in [5.74, 6) is 2.63. The molecule has 0 spiro atoms. The monoisotopic (exact) mass is 251 g/mol. The van der Waals surface area contributed by atoms with Crippen molar-refractivity contribution in [3.63, 3.8) is 0 Å². The first-order valence-corrected chi connectivity index (χ1v) is 6.34. The van der Waals surface area contributed by atoms with Crippen molar-refractivity contribution in [2.75, 3.05) is 27.3 Å². The summed E-state index contributed by atoms with van der Waals surface area (Å²) >= 11 is 0. The standard InChI is InChI=1S/C14H21NO3/c1-10-9-15-8-7-11(10)18-14-12(16-2)5-4-6-13(14)17-3/h4-6,10-11,15H,7-9H2,1-3H3. The van der Waals surface area contributed by atoms with Gasteiger partial charge in [-0.2, -0.15) is 0 Å². The summed E-state index contributed by atoms with van der Waals surface area (Å²) < 4.78 is 16.8. The van der Waals surface area contributed by atoms with Gasteiger partial charge in [-0.05, 0) is 25.1 Å². The van der Waals surface area contributed by atoms with Crippen LogP contribution in [0.25, 0.3) is 0 Å². The Morgan fingerprint density at radius 1 is 1.17 bits per heavy atom. The lowest BCUT2D eigenvalue weighted by atomic mass is 9.98. The second-order valence-corrected chi connectivity index (χ2v) is 4.62. The minimum Gasteiger partial charge on any atom is -0.493 e. The molecule has 0 amide bonds. The van der Waals surface area contributed by atoms with E-state index in [2.05, 4.69) is 12.2 Å². The molecule has 0 saturated carbocycles. The average Bonchev–Trinajstić information content (AvgIpc) is 2.41. The van der Waals surface area contributed by atoms with E-state index in [4.69, 9.17) is 14.2 Å². The van der Waals surface area contributed by atoms with Crippen LogP contribution in [0.15, 0.2) is 18.2 Å².